The van der Waals surface area contributed by atoms with Crippen LogP contribution in [-0.2, 0) is 16.0 Å². The molecule has 176 valence electrons. The fourth-order valence-corrected chi connectivity index (χ4v) is 3.92. The number of nitrogens with one attached hydrogen (secondary N) is 2. The number of carboxylic acids is 1. The lowest BCUT2D eigenvalue weighted by Gasteiger charge is -2.20. The summed E-state index contributed by atoms with van der Waals surface area (Å²) in [6.45, 7) is 5.03. The maximum absolute atomic E-state index is 12.8. The lowest BCUT2D eigenvalue weighted by molar-refractivity contribution is -0.142. The van der Waals surface area contributed by atoms with Crippen molar-refractivity contribution >= 4 is 33.7 Å². The van der Waals surface area contributed by atoms with Gasteiger partial charge in [-0.05, 0) is 62.2 Å². The summed E-state index contributed by atoms with van der Waals surface area (Å²) in [5.74, 6) is -1.40. The van der Waals surface area contributed by atoms with Crippen LogP contribution >= 0.6 is 0 Å². The highest BCUT2D eigenvalue weighted by Gasteiger charge is 2.26. The smallest absolute Gasteiger partial charge is 0.336 e. The van der Waals surface area contributed by atoms with Crippen LogP contribution in [0.25, 0.3) is 21.9 Å². The first-order valence-corrected chi connectivity index (χ1v) is 10.7. The molecule has 0 saturated heterocycles. The van der Waals surface area contributed by atoms with Gasteiger partial charge in [-0.15, -0.1) is 0 Å². The molecule has 2 aromatic heterocycles. The SMILES string of the molecule is Cc1cc(=O)oc2c(C)c(O[C@H](C)C(=O)N[C@H](Cc3c[nH]c4ccc(O)cc34)C(=O)O)ccc12. The molecule has 4 N–H and O–H groups in total. The largest absolute Gasteiger partial charge is 0.508 e. The Labute approximate surface area is 194 Å². The van der Waals surface area contributed by atoms with Gasteiger partial charge in [-0.25, -0.2) is 9.59 Å². The van der Waals surface area contributed by atoms with Gasteiger partial charge in [0.25, 0.3) is 5.91 Å². The summed E-state index contributed by atoms with van der Waals surface area (Å²) in [6, 6.07) is 8.37. The Balaban J connectivity index is 1.51. The third kappa shape index (κ3) is 4.45. The lowest BCUT2D eigenvalue weighted by Crippen LogP contribution is -2.47. The van der Waals surface area contributed by atoms with Crippen LogP contribution in [0.4, 0.5) is 0 Å². The first-order valence-electron chi connectivity index (χ1n) is 10.7. The molecule has 0 aliphatic heterocycles. The molecular weight excluding hydrogens is 440 g/mol. The van der Waals surface area contributed by atoms with Crippen LogP contribution in [0, 0.1) is 13.8 Å². The maximum Gasteiger partial charge on any atom is 0.336 e. The van der Waals surface area contributed by atoms with E-state index in [4.69, 9.17) is 9.15 Å². The van der Waals surface area contributed by atoms with Crippen LogP contribution < -0.4 is 15.7 Å². The first-order chi connectivity index (χ1) is 16.1. The molecule has 0 fully saturated rings. The van der Waals surface area contributed by atoms with Crippen molar-refractivity contribution in [2.24, 2.45) is 0 Å². The Bertz CT molecular complexity index is 1470. The van der Waals surface area contributed by atoms with E-state index in [1.54, 1.807) is 38.2 Å². The molecule has 1 amide bonds. The average molecular weight is 464 g/mol. The lowest BCUT2D eigenvalue weighted by atomic mass is 10.0. The minimum Gasteiger partial charge on any atom is -0.508 e. The molecule has 4 rings (SSSR count). The minimum absolute atomic E-state index is 0.0106. The van der Waals surface area contributed by atoms with Crippen molar-refractivity contribution in [3.05, 3.63) is 69.7 Å². The van der Waals surface area contributed by atoms with Crippen molar-refractivity contribution < 1.29 is 29.0 Å². The highest BCUT2D eigenvalue weighted by molar-refractivity contribution is 5.89. The van der Waals surface area contributed by atoms with Gasteiger partial charge >= 0.3 is 11.6 Å². The number of hydrogen-bond donors (Lipinski definition) is 4. The molecule has 34 heavy (non-hydrogen) atoms. The number of carbonyl (C=O) groups is 2. The summed E-state index contributed by atoms with van der Waals surface area (Å²) in [5.41, 5.74) is 2.61. The number of aromatic nitrogens is 1. The van der Waals surface area contributed by atoms with E-state index in [2.05, 4.69) is 10.3 Å². The number of fused-ring (bicyclic) bond motifs is 2. The zero-order chi connectivity index (χ0) is 24.6. The number of H-pyrrole nitrogens is 1. The summed E-state index contributed by atoms with van der Waals surface area (Å²) in [7, 11) is 0. The summed E-state index contributed by atoms with van der Waals surface area (Å²) in [4.78, 5) is 39.4. The molecule has 9 nitrogen and oxygen atoms in total. The van der Waals surface area contributed by atoms with Gasteiger partial charge in [0, 0.05) is 40.5 Å². The van der Waals surface area contributed by atoms with Crippen LogP contribution in [0.15, 0.2) is 51.8 Å². The molecule has 0 unspecified atom stereocenters. The van der Waals surface area contributed by atoms with Crippen molar-refractivity contribution in [1.29, 1.82) is 0 Å². The van der Waals surface area contributed by atoms with Crippen LogP contribution in [-0.4, -0.2) is 39.2 Å². The third-order valence-electron chi connectivity index (χ3n) is 5.78. The van der Waals surface area contributed by atoms with E-state index in [-0.39, 0.29) is 12.2 Å². The number of carbonyl (C=O) groups excluding carboxylic acids is 1. The van der Waals surface area contributed by atoms with Crippen molar-refractivity contribution in [3.63, 3.8) is 0 Å². The normalized spacial score (nSPS) is 13.0. The Morgan fingerprint density at radius 2 is 1.91 bits per heavy atom. The molecule has 2 atom stereocenters. The quantitative estimate of drug-likeness (QED) is 0.308. The minimum atomic E-state index is -1.21. The van der Waals surface area contributed by atoms with Gasteiger partial charge in [0.1, 0.15) is 23.1 Å². The fourth-order valence-electron chi connectivity index (χ4n) is 3.92. The van der Waals surface area contributed by atoms with Gasteiger partial charge in [0.2, 0.25) is 0 Å². The van der Waals surface area contributed by atoms with E-state index in [1.165, 1.54) is 25.1 Å². The zero-order valence-corrected chi connectivity index (χ0v) is 18.8. The second-order valence-electron chi connectivity index (χ2n) is 8.22. The number of aliphatic carboxylic acids is 1. The number of aromatic amines is 1. The highest BCUT2D eigenvalue weighted by atomic mass is 16.5. The van der Waals surface area contributed by atoms with Gasteiger partial charge in [-0.1, -0.05) is 0 Å². The van der Waals surface area contributed by atoms with Crippen molar-refractivity contribution in [2.45, 2.75) is 39.3 Å². The second-order valence-corrected chi connectivity index (χ2v) is 8.22. The van der Waals surface area contributed by atoms with E-state index in [9.17, 15) is 24.6 Å². The summed E-state index contributed by atoms with van der Waals surface area (Å²) in [5, 5.41) is 23.4. The first kappa shape index (κ1) is 22.9. The van der Waals surface area contributed by atoms with Crippen LogP contribution in [0.2, 0.25) is 0 Å². The number of phenolic OH excluding ortho intramolecular Hbond substituents is 1. The van der Waals surface area contributed by atoms with Crippen LogP contribution in [0.5, 0.6) is 11.5 Å². The fraction of sp³-hybridized carbons (Fsp3) is 0.240. The number of phenols is 1. The summed E-state index contributed by atoms with van der Waals surface area (Å²) < 4.78 is 11.1. The number of benzene rings is 2. The third-order valence-corrected chi connectivity index (χ3v) is 5.78. The molecule has 0 radical (unpaired) electrons. The van der Waals surface area contributed by atoms with Gasteiger partial charge < -0.3 is 29.7 Å². The van der Waals surface area contributed by atoms with Gasteiger partial charge in [-0.3, -0.25) is 4.79 Å². The number of aromatic hydroxyl groups is 1. The Hall–Kier alpha value is -4.27. The van der Waals surface area contributed by atoms with E-state index in [0.29, 0.717) is 27.8 Å². The van der Waals surface area contributed by atoms with Gasteiger partial charge in [0.15, 0.2) is 6.10 Å². The van der Waals surface area contributed by atoms with E-state index in [1.807, 2.05) is 0 Å². The Morgan fingerprint density at radius 1 is 1.15 bits per heavy atom. The van der Waals surface area contributed by atoms with Crippen molar-refractivity contribution in [2.75, 3.05) is 0 Å². The predicted molar refractivity (Wildman–Crippen MR) is 125 cm³/mol. The van der Waals surface area contributed by atoms with Gasteiger partial charge in [-0.2, -0.15) is 0 Å². The van der Waals surface area contributed by atoms with E-state index < -0.39 is 29.6 Å². The standard InChI is InChI=1S/C25H24N2O7/c1-12-8-22(29)34-23-13(2)21(7-5-17(12)23)33-14(3)24(30)27-20(25(31)32)9-15-11-26-19-6-4-16(28)10-18(15)19/h4-8,10-11,14,20,26,28H,9H2,1-3H3,(H,27,30)(H,31,32)/t14-,20-/m1/s1. The summed E-state index contributed by atoms with van der Waals surface area (Å²) in [6.07, 6.45) is 0.651. The Kier molecular flexibility index (Phi) is 6.02. The number of ether oxygens (including phenoxy) is 1. The molecular formula is C25H24N2O7. The topological polar surface area (TPSA) is 142 Å². The average Bonchev–Trinajstić information content (AvgIpc) is 3.17. The van der Waals surface area contributed by atoms with Crippen LogP contribution in [0.3, 0.4) is 0 Å². The van der Waals surface area contributed by atoms with Crippen LogP contribution in [0.1, 0.15) is 23.6 Å². The number of rotatable bonds is 7. The number of aryl methyl sites for hydroxylation is 2. The van der Waals surface area contributed by atoms with Crippen molar-refractivity contribution in [1.82, 2.24) is 10.3 Å². The second kappa shape index (κ2) is 8.93. The number of carboxylic acid groups (broad SMARTS) is 1. The molecule has 2 aromatic carbocycles. The predicted octanol–water partition coefficient (Wildman–Crippen LogP) is 3.18. The molecule has 2 heterocycles. The number of amides is 1. The molecule has 4 aromatic rings. The molecule has 0 bridgehead atoms. The molecule has 0 aliphatic carbocycles. The zero-order valence-electron chi connectivity index (χ0n) is 18.8. The molecule has 0 saturated carbocycles. The Morgan fingerprint density at radius 3 is 2.65 bits per heavy atom. The maximum atomic E-state index is 12.8. The molecule has 0 aliphatic rings. The van der Waals surface area contributed by atoms with E-state index >= 15 is 0 Å². The number of hydrogen-bond acceptors (Lipinski definition) is 6. The van der Waals surface area contributed by atoms with Gasteiger partial charge in [0.05, 0.1) is 0 Å². The monoisotopic (exact) mass is 464 g/mol. The molecule has 0 spiro atoms. The van der Waals surface area contributed by atoms with E-state index in [0.717, 1.165) is 16.5 Å². The summed E-state index contributed by atoms with van der Waals surface area (Å²) >= 11 is 0. The van der Waals surface area contributed by atoms with Crippen molar-refractivity contribution in [3.8, 4) is 11.5 Å². The molecule has 9 heteroatoms. The highest BCUT2D eigenvalue weighted by Crippen LogP contribution is 2.29.